The molecule has 2 aromatic rings. The van der Waals surface area contributed by atoms with Gasteiger partial charge in [-0.25, -0.2) is 14.5 Å². The van der Waals surface area contributed by atoms with E-state index in [4.69, 9.17) is 14.0 Å². The van der Waals surface area contributed by atoms with Crippen molar-refractivity contribution in [3.8, 4) is 11.1 Å². The first-order chi connectivity index (χ1) is 20.5. The number of carboxylic acids is 1. The van der Waals surface area contributed by atoms with Crippen molar-refractivity contribution in [3.05, 3.63) is 46.7 Å². The van der Waals surface area contributed by atoms with E-state index in [9.17, 15) is 24.1 Å². The van der Waals surface area contributed by atoms with Crippen LogP contribution in [-0.4, -0.2) is 81.8 Å². The summed E-state index contributed by atoms with van der Waals surface area (Å²) in [4.78, 5) is 41.8. The van der Waals surface area contributed by atoms with Crippen molar-refractivity contribution >= 4 is 36.9 Å². The highest BCUT2D eigenvalue weighted by Gasteiger charge is 2.58. The molecule has 2 heterocycles. The van der Waals surface area contributed by atoms with Crippen LogP contribution in [0.25, 0.3) is 11.1 Å². The molecule has 0 aliphatic carbocycles. The Morgan fingerprint density at radius 1 is 1.00 bits per heavy atom. The first kappa shape index (κ1) is 35.8. The molecule has 0 bridgehead atoms. The quantitative estimate of drug-likeness (QED) is 0.192. The Hall–Kier alpha value is -2.72. The molecule has 2 amide bonds. The normalized spacial score (nSPS) is 21.1. The van der Waals surface area contributed by atoms with Crippen LogP contribution in [-0.2, 0) is 29.9 Å². The van der Waals surface area contributed by atoms with E-state index in [0.717, 1.165) is 21.6 Å². The molecule has 1 saturated heterocycles. The van der Waals surface area contributed by atoms with Crippen LogP contribution < -0.4 is 0 Å². The summed E-state index contributed by atoms with van der Waals surface area (Å²) in [6, 6.07) is 10.0. The minimum absolute atomic E-state index is 0.0441. The fraction of sp³-hybridized carbons (Fsp3) is 0.594. The average molecular weight is 651 g/mol. The highest BCUT2D eigenvalue weighted by molar-refractivity contribution is 7.62. The molecule has 0 radical (unpaired) electrons. The summed E-state index contributed by atoms with van der Waals surface area (Å²) in [6.07, 6.45) is -0.946. The van der Waals surface area contributed by atoms with Crippen molar-refractivity contribution in [2.45, 2.75) is 90.6 Å². The molecule has 2 unspecified atom stereocenters. The lowest BCUT2D eigenvalue weighted by molar-refractivity contribution is -0.141. The second-order valence-electron chi connectivity index (χ2n) is 13.1. The molecule has 0 spiro atoms. The van der Waals surface area contributed by atoms with Crippen LogP contribution in [0.15, 0.2) is 41.1 Å². The number of benzene rings is 1. The average Bonchev–Trinajstić information content (AvgIpc) is 3.37. The predicted molar refractivity (Wildman–Crippen MR) is 173 cm³/mol. The van der Waals surface area contributed by atoms with Crippen LogP contribution in [0.1, 0.15) is 73.3 Å². The van der Waals surface area contributed by atoms with E-state index in [2.05, 4.69) is 10.8 Å². The highest BCUT2D eigenvalue weighted by atomic mass is 32.1. The highest BCUT2D eigenvalue weighted by Crippen LogP contribution is 2.63. The van der Waals surface area contributed by atoms with Gasteiger partial charge in [-0.05, 0) is 95.2 Å². The van der Waals surface area contributed by atoms with Crippen LogP contribution in [0, 0.1) is 0 Å². The van der Waals surface area contributed by atoms with Gasteiger partial charge >= 0.3 is 18.2 Å². The van der Waals surface area contributed by atoms with Crippen LogP contribution in [0.3, 0.4) is 0 Å². The molecule has 1 aliphatic heterocycles. The van der Waals surface area contributed by atoms with Crippen molar-refractivity contribution in [2.24, 2.45) is 0 Å². The van der Waals surface area contributed by atoms with Crippen LogP contribution in [0.2, 0.25) is 0 Å². The Bertz CT molecular complexity index is 1310. The van der Waals surface area contributed by atoms with Gasteiger partial charge in [-0.1, -0.05) is 30.3 Å². The number of hydrogen-bond acceptors (Lipinski definition) is 9. The van der Waals surface area contributed by atoms with Gasteiger partial charge in [0.05, 0.1) is 6.61 Å². The van der Waals surface area contributed by atoms with Gasteiger partial charge in [-0.3, -0.25) is 14.3 Å². The number of rotatable bonds is 11. The molecule has 0 saturated carbocycles. The molecule has 1 aromatic heterocycles. The fourth-order valence-corrected chi connectivity index (χ4v) is 9.11. The van der Waals surface area contributed by atoms with Gasteiger partial charge in [0.15, 0.2) is 5.16 Å². The number of carbonyl (C=O) groups excluding carboxylic acids is 2. The number of carboxylic acid groups (broad SMARTS) is 1. The van der Waals surface area contributed by atoms with Gasteiger partial charge in [0.25, 0.3) is 0 Å². The molecule has 1 N–H and O–H groups in total. The molecule has 1 aliphatic rings. The first-order valence-corrected chi connectivity index (χ1v) is 17.8. The zero-order valence-electron chi connectivity index (χ0n) is 27.0. The molecule has 12 heteroatoms. The Balaban J connectivity index is 1.79. The number of ether oxygens (including phenoxy) is 2. The molecule has 1 fully saturated rings. The molecular weight excluding hydrogens is 603 g/mol. The van der Waals surface area contributed by atoms with Crippen molar-refractivity contribution in [1.29, 1.82) is 0 Å². The lowest BCUT2D eigenvalue weighted by Gasteiger charge is -2.45. The number of nitrogens with zero attached hydrogens (tertiary/aromatic N) is 2. The minimum Gasteiger partial charge on any atom is -0.480 e. The molecule has 3 rings (SSSR count). The van der Waals surface area contributed by atoms with E-state index < -0.39 is 41.9 Å². The zero-order chi connectivity index (χ0) is 32.8. The van der Waals surface area contributed by atoms with Gasteiger partial charge in [-0.15, -0.1) is 0 Å². The SMILES string of the molecule is CCOP1(=O)CCN(Cc2cscc2-c2ccccc2)CC1(CCCCN(C(=O)OC(C)(C)C)C(=O)OC(C)(C)C)C(=O)O. The Morgan fingerprint density at radius 2 is 1.61 bits per heavy atom. The maximum atomic E-state index is 14.2. The van der Waals surface area contributed by atoms with Crippen molar-refractivity contribution < 1.29 is 38.1 Å². The van der Waals surface area contributed by atoms with E-state index in [1.165, 1.54) is 0 Å². The van der Waals surface area contributed by atoms with Crippen LogP contribution >= 0.6 is 18.7 Å². The summed E-state index contributed by atoms with van der Waals surface area (Å²) >= 11 is 1.59. The lowest BCUT2D eigenvalue weighted by atomic mass is 9.98. The summed E-state index contributed by atoms with van der Waals surface area (Å²) in [6.45, 7) is 13.0. The summed E-state index contributed by atoms with van der Waals surface area (Å²) in [5.41, 5.74) is 1.61. The summed E-state index contributed by atoms with van der Waals surface area (Å²) in [5, 5.41) is 13.2. The molecule has 244 valence electrons. The van der Waals surface area contributed by atoms with E-state index in [1.807, 2.05) is 35.2 Å². The van der Waals surface area contributed by atoms with Gasteiger partial charge < -0.3 is 19.1 Å². The van der Waals surface area contributed by atoms with E-state index in [0.29, 0.717) is 13.1 Å². The van der Waals surface area contributed by atoms with Crippen molar-refractivity contribution in [1.82, 2.24) is 9.80 Å². The number of hydrogen-bond donors (Lipinski definition) is 1. The number of unbranched alkanes of at least 4 members (excludes halogenated alkanes) is 1. The van der Waals surface area contributed by atoms with Crippen molar-refractivity contribution in [2.75, 3.05) is 32.4 Å². The Kier molecular flexibility index (Phi) is 11.9. The second kappa shape index (κ2) is 14.6. The third kappa shape index (κ3) is 9.16. The van der Waals surface area contributed by atoms with Gasteiger partial charge in [0.2, 0.25) is 7.37 Å². The third-order valence-electron chi connectivity index (χ3n) is 7.25. The number of amides is 2. The molecule has 2 atom stereocenters. The monoisotopic (exact) mass is 650 g/mol. The smallest absolute Gasteiger partial charge is 0.419 e. The number of carbonyl (C=O) groups is 3. The fourth-order valence-electron chi connectivity index (χ4n) is 5.28. The van der Waals surface area contributed by atoms with E-state index >= 15 is 0 Å². The summed E-state index contributed by atoms with van der Waals surface area (Å²) in [5.74, 6) is -1.16. The standard InChI is InChI=1S/C32H47N2O8PS/c1-8-40-43(39)19-18-33(20-25-21-44-22-26(25)24-14-10-9-11-15-24)23-32(43,27(35)36)16-12-13-17-34(28(37)41-30(2,3)4)29(38)42-31(5,6)7/h9-11,14-15,21-22H,8,12-13,16-20,23H2,1-7H3,(H,35,36). The predicted octanol–water partition coefficient (Wildman–Crippen LogP) is 7.71. The molecule has 44 heavy (non-hydrogen) atoms. The summed E-state index contributed by atoms with van der Waals surface area (Å²) in [7, 11) is -3.60. The Morgan fingerprint density at radius 3 is 2.16 bits per heavy atom. The maximum Gasteiger partial charge on any atom is 0.419 e. The van der Waals surface area contributed by atoms with Crippen LogP contribution in [0.4, 0.5) is 9.59 Å². The summed E-state index contributed by atoms with van der Waals surface area (Å²) < 4.78 is 30.9. The van der Waals surface area contributed by atoms with Crippen molar-refractivity contribution in [3.63, 3.8) is 0 Å². The van der Waals surface area contributed by atoms with Gasteiger partial charge in [0.1, 0.15) is 11.2 Å². The molecule has 10 nitrogen and oxygen atoms in total. The largest absolute Gasteiger partial charge is 0.480 e. The zero-order valence-corrected chi connectivity index (χ0v) is 28.7. The lowest BCUT2D eigenvalue weighted by Crippen LogP contribution is -2.54. The van der Waals surface area contributed by atoms with Gasteiger partial charge in [-0.2, -0.15) is 11.3 Å². The van der Waals surface area contributed by atoms with E-state index in [1.54, 1.807) is 59.8 Å². The molecular formula is C32H47N2O8PS. The van der Waals surface area contributed by atoms with Gasteiger partial charge in [0, 0.05) is 32.3 Å². The number of thiophene rings is 1. The number of imide groups is 1. The minimum atomic E-state index is -3.60. The topological polar surface area (TPSA) is 123 Å². The molecule has 1 aromatic carbocycles. The second-order valence-corrected chi connectivity index (χ2v) is 16.8. The first-order valence-electron chi connectivity index (χ1n) is 15.0. The third-order valence-corrected chi connectivity index (χ3v) is 11.4. The maximum absolute atomic E-state index is 14.2. The van der Waals surface area contributed by atoms with E-state index in [-0.39, 0.29) is 45.1 Å². The van der Waals surface area contributed by atoms with Crippen LogP contribution in [0.5, 0.6) is 0 Å². The number of aliphatic carboxylic acids is 1. The Labute approximate surface area is 265 Å².